The standard InChI is InChI=1S/C32H41ClF2N6O3S/c1-19(2)41-31(20(3)21-10-12-23(13-11-21)38-14-15-44-5)29(32(36)37-4)30(39-41)24-16-27(35)28(17-26(24)34)40-45(42,43)18-22-8-6-7-9-25(22)33/h6-9,16-17,19,21,23,38,40H,3,10-15,18H2,1-2,4-5H3,(H2,36,37). The van der Waals surface area contributed by atoms with Gasteiger partial charge in [-0.25, -0.2) is 17.2 Å². The summed E-state index contributed by atoms with van der Waals surface area (Å²) in [5.74, 6) is -2.14. The van der Waals surface area contributed by atoms with Gasteiger partial charge >= 0.3 is 0 Å². The van der Waals surface area contributed by atoms with Crippen molar-refractivity contribution in [2.24, 2.45) is 16.6 Å². The van der Waals surface area contributed by atoms with Crippen molar-refractivity contribution in [2.75, 3.05) is 32.0 Å². The number of aromatic nitrogens is 2. The van der Waals surface area contributed by atoms with E-state index in [4.69, 9.17) is 27.2 Å². The van der Waals surface area contributed by atoms with Crippen LogP contribution in [0, 0.1) is 17.6 Å². The van der Waals surface area contributed by atoms with Gasteiger partial charge in [0.1, 0.15) is 23.2 Å². The number of methoxy groups -OCH3 is 1. The second-order valence-electron chi connectivity index (χ2n) is 11.5. The summed E-state index contributed by atoms with van der Waals surface area (Å²) in [5.41, 5.74) is 7.91. The van der Waals surface area contributed by atoms with Crippen LogP contribution in [0.3, 0.4) is 0 Å². The van der Waals surface area contributed by atoms with Crippen molar-refractivity contribution < 1.29 is 21.9 Å². The Balaban J connectivity index is 1.68. The van der Waals surface area contributed by atoms with Crippen LogP contribution < -0.4 is 15.8 Å². The van der Waals surface area contributed by atoms with Crippen molar-refractivity contribution in [3.8, 4) is 11.3 Å². The first kappa shape index (κ1) is 34.6. The lowest BCUT2D eigenvalue weighted by molar-refractivity contribution is 0.190. The number of halogens is 3. The van der Waals surface area contributed by atoms with Gasteiger partial charge in [0.05, 0.1) is 29.3 Å². The van der Waals surface area contributed by atoms with Gasteiger partial charge in [-0.3, -0.25) is 14.4 Å². The van der Waals surface area contributed by atoms with E-state index in [9.17, 15) is 8.42 Å². The van der Waals surface area contributed by atoms with Gasteiger partial charge in [-0.1, -0.05) is 36.4 Å². The molecule has 1 saturated carbocycles. The average molecular weight is 663 g/mol. The molecule has 4 rings (SSSR count). The summed E-state index contributed by atoms with van der Waals surface area (Å²) in [7, 11) is -0.928. The van der Waals surface area contributed by atoms with E-state index in [2.05, 4.69) is 21.6 Å². The molecule has 0 radical (unpaired) electrons. The minimum Gasteiger partial charge on any atom is -0.383 e. The van der Waals surface area contributed by atoms with E-state index in [1.807, 2.05) is 13.8 Å². The Morgan fingerprint density at radius 3 is 2.51 bits per heavy atom. The summed E-state index contributed by atoms with van der Waals surface area (Å²) in [4.78, 5) is 4.18. The van der Waals surface area contributed by atoms with Gasteiger partial charge in [0.25, 0.3) is 0 Å². The molecule has 2 aromatic carbocycles. The van der Waals surface area contributed by atoms with Crippen LogP contribution in [0.1, 0.15) is 62.4 Å². The predicted octanol–water partition coefficient (Wildman–Crippen LogP) is 6.15. The maximum absolute atomic E-state index is 15.8. The van der Waals surface area contributed by atoms with Crippen LogP contribution in [0.4, 0.5) is 14.5 Å². The first-order valence-electron chi connectivity index (χ1n) is 14.9. The molecule has 13 heteroatoms. The van der Waals surface area contributed by atoms with E-state index in [1.165, 1.54) is 7.05 Å². The van der Waals surface area contributed by atoms with Gasteiger partial charge in [-0.15, -0.1) is 0 Å². The molecule has 0 atom stereocenters. The van der Waals surface area contributed by atoms with E-state index in [-0.39, 0.29) is 34.1 Å². The number of nitrogens with one attached hydrogen (secondary N) is 2. The molecule has 1 aromatic heterocycles. The molecule has 0 saturated heterocycles. The number of nitrogens with two attached hydrogens (primary N) is 1. The molecule has 0 bridgehead atoms. The molecule has 9 nitrogen and oxygen atoms in total. The number of ether oxygens (including phenoxy) is 1. The number of hydrogen-bond acceptors (Lipinski definition) is 6. The summed E-state index contributed by atoms with van der Waals surface area (Å²) in [6, 6.07) is 8.35. The predicted molar refractivity (Wildman–Crippen MR) is 177 cm³/mol. The number of amidine groups is 1. The summed E-state index contributed by atoms with van der Waals surface area (Å²) >= 11 is 6.10. The zero-order valence-corrected chi connectivity index (χ0v) is 27.6. The zero-order chi connectivity index (χ0) is 32.9. The number of allylic oxidation sites excluding steroid dienone is 1. The highest BCUT2D eigenvalue weighted by Gasteiger charge is 2.32. The molecule has 1 aliphatic carbocycles. The summed E-state index contributed by atoms with van der Waals surface area (Å²) < 4.78 is 66.0. The third-order valence-electron chi connectivity index (χ3n) is 8.04. The fraction of sp³-hybridized carbons (Fsp3) is 0.438. The lowest BCUT2D eigenvalue weighted by Crippen LogP contribution is -2.35. The quantitative estimate of drug-likeness (QED) is 0.115. The molecule has 244 valence electrons. The van der Waals surface area contributed by atoms with Crippen LogP contribution in [0.15, 0.2) is 48.0 Å². The van der Waals surface area contributed by atoms with Crippen molar-refractivity contribution in [1.82, 2.24) is 15.1 Å². The highest BCUT2D eigenvalue weighted by molar-refractivity contribution is 7.91. The first-order chi connectivity index (χ1) is 21.4. The molecule has 4 N–H and O–H groups in total. The number of rotatable bonds is 13. The summed E-state index contributed by atoms with van der Waals surface area (Å²) in [6.07, 6.45) is 3.68. The Hall–Kier alpha value is -3.32. The van der Waals surface area contributed by atoms with Crippen LogP contribution in [-0.4, -0.2) is 57.4 Å². The maximum Gasteiger partial charge on any atom is 0.237 e. The van der Waals surface area contributed by atoms with Crippen molar-refractivity contribution in [1.29, 1.82) is 0 Å². The second-order valence-corrected chi connectivity index (χ2v) is 13.6. The number of aliphatic imine (C=N–C) groups is 1. The minimum atomic E-state index is -4.12. The van der Waals surface area contributed by atoms with Gasteiger partial charge in [0.2, 0.25) is 10.0 Å². The molecule has 1 aliphatic rings. The molecule has 1 heterocycles. The fourth-order valence-corrected chi connectivity index (χ4v) is 7.20. The molecule has 0 unspecified atom stereocenters. The molecule has 45 heavy (non-hydrogen) atoms. The monoisotopic (exact) mass is 662 g/mol. The van der Waals surface area contributed by atoms with Crippen molar-refractivity contribution in [3.63, 3.8) is 0 Å². The molecule has 0 aliphatic heterocycles. The minimum absolute atomic E-state index is 0.0970. The van der Waals surface area contributed by atoms with E-state index >= 15 is 8.78 Å². The second kappa shape index (κ2) is 14.8. The van der Waals surface area contributed by atoms with Gasteiger partial charge < -0.3 is 15.8 Å². The lowest BCUT2D eigenvalue weighted by atomic mass is 9.80. The Morgan fingerprint density at radius 2 is 1.89 bits per heavy atom. The highest BCUT2D eigenvalue weighted by Crippen LogP contribution is 2.40. The molecule has 1 fully saturated rings. The Morgan fingerprint density at radius 1 is 1.20 bits per heavy atom. The molecule has 0 spiro atoms. The van der Waals surface area contributed by atoms with E-state index < -0.39 is 33.1 Å². The highest BCUT2D eigenvalue weighted by atomic mass is 35.5. The molecular weight excluding hydrogens is 622 g/mol. The van der Waals surface area contributed by atoms with Crippen LogP contribution in [-0.2, 0) is 20.5 Å². The number of nitrogens with zero attached hydrogens (tertiary/aromatic N) is 3. The van der Waals surface area contributed by atoms with Gasteiger partial charge in [0.15, 0.2) is 0 Å². The topological polar surface area (TPSA) is 124 Å². The Kier molecular flexibility index (Phi) is 11.4. The van der Waals surface area contributed by atoms with Crippen LogP contribution in [0.25, 0.3) is 16.8 Å². The van der Waals surface area contributed by atoms with Crippen LogP contribution in [0.5, 0.6) is 0 Å². The number of benzene rings is 2. The van der Waals surface area contributed by atoms with Crippen LogP contribution >= 0.6 is 11.6 Å². The van der Waals surface area contributed by atoms with E-state index in [0.29, 0.717) is 29.5 Å². The Labute approximate surface area is 269 Å². The number of sulfonamides is 1. The molecule has 3 aromatic rings. The average Bonchev–Trinajstić information content (AvgIpc) is 3.40. The van der Waals surface area contributed by atoms with Gasteiger partial charge in [0, 0.05) is 49.4 Å². The fourth-order valence-electron chi connectivity index (χ4n) is 5.69. The van der Waals surface area contributed by atoms with E-state index in [1.54, 1.807) is 36.1 Å². The third-order valence-corrected chi connectivity index (χ3v) is 9.63. The third kappa shape index (κ3) is 8.10. The molecule has 0 amide bonds. The van der Waals surface area contributed by atoms with Crippen molar-refractivity contribution in [2.45, 2.75) is 57.4 Å². The number of anilines is 1. The SMILES string of the molecule is C=C(c1c(C(N)=NC)c(-c2cc(F)c(NS(=O)(=O)Cc3ccccc3Cl)cc2F)nn1C(C)C)C1CCC(NCCOC)CC1. The molecular formula is C32H41ClF2N6O3S. The smallest absolute Gasteiger partial charge is 0.237 e. The maximum atomic E-state index is 15.8. The zero-order valence-electron chi connectivity index (χ0n) is 26.0. The van der Waals surface area contributed by atoms with Gasteiger partial charge in [-0.05, 0) is 68.7 Å². The summed E-state index contributed by atoms with van der Waals surface area (Å²) in [6.45, 7) is 9.74. The van der Waals surface area contributed by atoms with Crippen LogP contribution in [0.2, 0.25) is 5.02 Å². The summed E-state index contributed by atoms with van der Waals surface area (Å²) in [5, 5.41) is 8.48. The van der Waals surface area contributed by atoms with Crippen molar-refractivity contribution in [3.05, 3.63) is 76.5 Å². The first-order valence-corrected chi connectivity index (χ1v) is 16.9. The number of hydrogen-bond donors (Lipinski definition) is 3. The van der Waals surface area contributed by atoms with Crippen molar-refractivity contribution >= 4 is 38.7 Å². The lowest BCUT2D eigenvalue weighted by Gasteiger charge is -2.31. The van der Waals surface area contributed by atoms with Gasteiger partial charge in [-0.2, -0.15) is 5.10 Å². The Bertz CT molecular complexity index is 1670. The largest absolute Gasteiger partial charge is 0.383 e. The van der Waals surface area contributed by atoms with E-state index in [0.717, 1.165) is 49.9 Å². The normalized spacial score (nSPS) is 17.6.